The highest BCUT2D eigenvalue weighted by Gasteiger charge is 2.27. The lowest BCUT2D eigenvalue weighted by Gasteiger charge is -2.32. The Morgan fingerprint density at radius 2 is 1.97 bits per heavy atom. The quantitative estimate of drug-likeness (QED) is 0.452. The molecular formula is C22H32N4O4S. The van der Waals surface area contributed by atoms with Gasteiger partial charge in [-0.25, -0.2) is 17.7 Å². The first-order valence-corrected chi connectivity index (χ1v) is 12.3. The summed E-state index contributed by atoms with van der Waals surface area (Å²) in [7, 11) is -1.48. The van der Waals surface area contributed by atoms with Gasteiger partial charge < -0.3 is 19.8 Å². The zero-order valence-corrected chi connectivity index (χ0v) is 19.0. The van der Waals surface area contributed by atoms with Crippen LogP contribution in [0.2, 0.25) is 0 Å². The van der Waals surface area contributed by atoms with E-state index in [1.807, 2.05) is 36.4 Å². The number of furan rings is 1. The molecule has 0 atom stereocenters. The summed E-state index contributed by atoms with van der Waals surface area (Å²) >= 11 is 0. The minimum Gasteiger partial charge on any atom is -0.497 e. The van der Waals surface area contributed by atoms with Gasteiger partial charge in [-0.3, -0.25) is 0 Å². The van der Waals surface area contributed by atoms with Crippen LogP contribution in [-0.2, 0) is 23.0 Å². The number of nitrogens with one attached hydrogen (secondary N) is 2. The second-order valence-corrected chi connectivity index (χ2v) is 9.74. The van der Waals surface area contributed by atoms with Crippen molar-refractivity contribution in [2.75, 3.05) is 32.5 Å². The number of hydrogen-bond donors (Lipinski definition) is 2. The molecule has 3 rings (SSSR count). The third kappa shape index (κ3) is 7.00. The number of piperidine rings is 1. The second-order valence-electron chi connectivity index (χ2n) is 7.49. The van der Waals surface area contributed by atoms with E-state index in [1.54, 1.807) is 24.6 Å². The molecule has 2 heterocycles. The van der Waals surface area contributed by atoms with E-state index in [1.165, 1.54) is 0 Å². The highest BCUT2D eigenvalue weighted by Crippen LogP contribution is 2.15. The smallest absolute Gasteiger partial charge is 0.213 e. The average Bonchev–Trinajstić information content (AvgIpc) is 3.31. The van der Waals surface area contributed by atoms with Gasteiger partial charge in [0.2, 0.25) is 10.0 Å². The van der Waals surface area contributed by atoms with Crippen molar-refractivity contribution in [2.24, 2.45) is 4.99 Å². The Kier molecular flexibility index (Phi) is 8.36. The minimum atomic E-state index is -3.13. The number of ether oxygens (including phenoxy) is 1. The molecule has 2 N–H and O–H groups in total. The molecule has 0 unspecified atom stereocenters. The SMILES string of the molecule is CCS(=O)(=O)N1CCC(NC(=NCc2ccc(OC)cc2)NCCc2ccco2)CC1. The van der Waals surface area contributed by atoms with Crippen LogP contribution in [0.3, 0.4) is 0 Å². The Morgan fingerprint density at radius 3 is 2.58 bits per heavy atom. The highest BCUT2D eigenvalue weighted by atomic mass is 32.2. The Bertz CT molecular complexity index is 919. The molecule has 0 spiro atoms. The first kappa shape index (κ1) is 23.1. The van der Waals surface area contributed by atoms with Crippen molar-refractivity contribution < 1.29 is 17.6 Å². The number of nitrogens with zero attached hydrogens (tertiary/aromatic N) is 2. The van der Waals surface area contributed by atoms with Crippen LogP contribution in [0.15, 0.2) is 52.1 Å². The minimum absolute atomic E-state index is 0.147. The summed E-state index contributed by atoms with van der Waals surface area (Å²) < 4.78 is 36.4. The highest BCUT2D eigenvalue weighted by molar-refractivity contribution is 7.89. The van der Waals surface area contributed by atoms with Crippen LogP contribution in [-0.4, -0.2) is 57.2 Å². The Hall–Kier alpha value is -2.52. The normalized spacial score (nSPS) is 16.3. The number of guanidine groups is 1. The van der Waals surface area contributed by atoms with Crippen LogP contribution in [0.5, 0.6) is 5.75 Å². The molecule has 0 radical (unpaired) electrons. The van der Waals surface area contributed by atoms with E-state index < -0.39 is 10.0 Å². The predicted molar refractivity (Wildman–Crippen MR) is 122 cm³/mol. The number of aliphatic imine (C=N–C) groups is 1. The molecule has 1 aliphatic heterocycles. The molecule has 1 aliphatic rings. The largest absolute Gasteiger partial charge is 0.497 e. The van der Waals surface area contributed by atoms with Gasteiger partial charge in [-0.15, -0.1) is 0 Å². The number of hydrogen-bond acceptors (Lipinski definition) is 5. The second kappa shape index (κ2) is 11.2. The molecule has 0 saturated carbocycles. The van der Waals surface area contributed by atoms with Crippen LogP contribution in [0.1, 0.15) is 31.1 Å². The molecule has 1 aromatic carbocycles. The number of rotatable bonds is 9. The monoisotopic (exact) mass is 448 g/mol. The zero-order valence-electron chi connectivity index (χ0n) is 18.2. The summed E-state index contributed by atoms with van der Waals surface area (Å²) in [5, 5.41) is 6.85. The zero-order chi connectivity index (χ0) is 22.1. The van der Waals surface area contributed by atoms with Crippen molar-refractivity contribution in [3.8, 4) is 5.75 Å². The van der Waals surface area contributed by atoms with Crippen LogP contribution in [0, 0.1) is 0 Å². The summed E-state index contributed by atoms with van der Waals surface area (Å²) in [6.45, 7) is 3.97. The maximum absolute atomic E-state index is 12.1. The number of methoxy groups -OCH3 is 1. The van der Waals surface area contributed by atoms with Gasteiger partial charge >= 0.3 is 0 Å². The van der Waals surface area contributed by atoms with Crippen LogP contribution in [0.25, 0.3) is 0 Å². The molecule has 0 bridgehead atoms. The summed E-state index contributed by atoms with van der Waals surface area (Å²) in [4.78, 5) is 4.74. The molecule has 8 nitrogen and oxygen atoms in total. The van der Waals surface area contributed by atoms with E-state index in [2.05, 4.69) is 10.6 Å². The van der Waals surface area contributed by atoms with Crippen molar-refractivity contribution in [1.29, 1.82) is 0 Å². The van der Waals surface area contributed by atoms with Crippen molar-refractivity contribution in [1.82, 2.24) is 14.9 Å². The molecule has 31 heavy (non-hydrogen) atoms. The molecule has 2 aromatic rings. The van der Waals surface area contributed by atoms with Gasteiger partial charge in [-0.2, -0.15) is 0 Å². The van der Waals surface area contributed by atoms with Crippen molar-refractivity contribution in [3.05, 3.63) is 54.0 Å². The van der Waals surface area contributed by atoms with Crippen LogP contribution >= 0.6 is 0 Å². The molecule has 9 heteroatoms. The maximum atomic E-state index is 12.1. The molecule has 1 aromatic heterocycles. The van der Waals surface area contributed by atoms with Crippen molar-refractivity contribution in [3.63, 3.8) is 0 Å². The molecule has 0 amide bonds. The summed E-state index contributed by atoms with van der Waals surface area (Å²) in [5.74, 6) is 2.60. The predicted octanol–water partition coefficient (Wildman–Crippen LogP) is 2.38. The third-order valence-corrected chi connectivity index (χ3v) is 7.26. The van der Waals surface area contributed by atoms with E-state index >= 15 is 0 Å². The van der Waals surface area contributed by atoms with E-state index in [9.17, 15) is 8.42 Å². The van der Waals surface area contributed by atoms with Gasteiger partial charge in [-0.05, 0) is 49.6 Å². The van der Waals surface area contributed by atoms with Gasteiger partial charge in [0.15, 0.2) is 5.96 Å². The summed E-state index contributed by atoms with van der Waals surface area (Å²) in [6, 6.07) is 11.8. The lowest BCUT2D eigenvalue weighted by atomic mass is 10.1. The molecular weight excluding hydrogens is 416 g/mol. The van der Waals surface area contributed by atoms with E-state index in [-0.39, 0.29) is 11.8 Å². The van der Waals surface area contributed by atoms with Gasteiger partial charge in [0.1, 0.15) is 11.5 Å². The fourth-order valence-corrected chi connectivity index (χ4v) is 4.60. The van der Waals surface area contributed by atoms with E-state index in [0.717, 1.165) is 42.3 Å². The summed E-state index contributed by atoms with van der Waals surface area (Å²) in [5.41, 5.74) is 1.08. The van der Waals surface area contributed by atoms with Crippen molar-refractivity contribution >= 4 is 16.0 Å². The Balaban J connectivity index is 1.59. The standard InChI is InChI=1S/C22H32N4O4S/c1-3-31(27,28)26-14-11-19(12-15-26)25-22(23-13-10-21-5-4-16-30-21)24-17-18-6-8-20(29-2)9-7-18/h4-9,16,19H,3,10-15,17H2,1-2H3,(H2,23,24,25). The number of sulfonamides is 1. The first-order valence-electron chi connectivity index (χ1n) is 10.7. The lowest BCUT2D eigenvalue weighted by Crippen LogP contribution is -2.50. The Morgan fingerprint density at radius 1 is 1.23 bits per heavy atom. The Labute approximate surface area is 184 Å². The van der Waals surface area contributed by atoms with Crippen LogP contribution in [0.4, 0.5) is 0 Å². The third-order valence-electron chi connectivity index (χ3n) is 5.38. The topological polar surface area (TPSA) is 96.2 Å². The van der Waals surface area contributed by atoms with E-state index in [4.69, 9.17) is 14.1 Å². The van der Waals surface area contributed by atoms with E-state index in [0.29, 0.717) is 26.2 Å². The van der Waals surface area contributed by atoms with Gasteiger partial charge in [-0.1, -0.05) is 12.1 Å². The van der Waals surface area contributed by atoms with Gasteiger partial charge in [0.05, 0.1) is 25.7 Å². The maximum Gasteiger partial charge on any atom is 0.213 e. The molecule has 1 saturated heterocycles. The molecule has 0 aliphatic carbocycles. The van der Waals surface area contributed by atoms with Gasteiger partial charge in [0.25, 0.3) is 0 Å². The molecule has 170 valence electrons. The first-order chi connectivity index (χ1) is 15.0. The number of benzene rings is 1. The lowest BCUT2D eigenvalue weighted by molar-refractivity contribution is 0.306. The van der Waals surface area contributed by atoms with Gasteiger partial charge in [0, 0.05) is 32.1 Å². The summed E-state index contributed by atoms with van der Waals surface area (Å²) in [6.07, 6.45) is 3.93. The molecule has 1 fully saturated rings. The fraction of sp³-hybridized carbons (Fsp3) is 0.500. The fourth-order valence-electron chi connectivity index (χ4n) is 3.47. The van der Waals surface area contributed by atoms with Crippen LogP contribution < -0.4 is 15.4 Å². The average molecular weight is 449 g/mol. The van der Waals surface area contributed by atoms with Crippen molar-refractivity contribution in [2.45, 2.75) is 38.8 Å².